The lowest BCUT2D eigenvalue weighted by molar-refractivity contribution is -0.139. The molecule has 1 aromatic heterocycles. The van der Waals surface area contributed by atoms with Crippen LogP contribution in [-0.4, -0.2) is 59.0 Å². The number of hydrogen-bond acceptors (Lipinski definition) is 6. The summed E-state index contributed by atoms with van der Waals surface area (Å²) in [4.78, 5) is 25.8. The van der Waals surface area contributed by atoms with Gasteiger partial charge in [0.05, 0.1) is 12.0 Å². The van der Waals surface area contributed by atoms with Gasteiger partial charge in [-0.15, -0.1) is 10.2 Å². The number of hydrogen-bond donors (Lipinski definition) is 2. The molecule has 2 aliphatic heterocycles. The van der Waals surface area contributed by atoms with E-state index in [1.807, 2.05) is 0 Å². The molecule has 2 fully saturated rings. The average molecular weight is 334 g/mol. The molecule has 2 aliphatic rings. The number of nitrogens with zero attached hydrogens (tertiary/aromatic N) is 3. The number of nitrogens with one attached hydrogen (secondary N) is 1. The second-order valence-corrected chi connectivity index (χ2v) is 6.39. The maximum Gasteiger partial charge on any atom is 0.305 e. The van der Waals surface area contributed by atoms with E-state index in [9.17, 15) is 9.59 Å². The third-order valence-corrected chi connectivity index (χ3v) is 4.63. The zero-order valence-corrected chi connectivity index (χ0v) is 13.5. The van der Waals surface area contributed by atoms with Crippen LogP contribution in [0.25, 0.3) is 0 Å². The van der Waals surface area contributed by atoms with E-state index in [-0.39, 0.29) is 12.1 Å². The zero-order chi connectivity index (χ0) is 17.0. The summed E-state index contributed by atoms with van der Waals surface area (Å²) in [5.74, 6) is -0.554. The van der Waals surface area contributed by atoms with E-state index in [2.05, 4.69) is 20.4 Å². The van der Waals surface area contributed by atoms with Crippen molar-refractivity contribution in [3.63, 3.8) is 0 Å². The summed E-state index contributed by atoms with van der Waals surface area (Å²) in [6.45, 7) is 2.80. The maximum absolute atomic E-state index is 12.5. The molecule has 3 rings (SSSR count). The number of anilines is 1. The van der Waals surface area contributed by atoms with Crippen LogP contribution in [0.4, 0.5) is 5.82 Å². The maximum atomic E-state index is 12.5. The fourth-order valence-corrected chi connectivity index (χ4v) is 3.26. The molecule has 0 bridgehead atoms. The lowest BCUT2D eigenvalue weighted by atomic mass is 9.86. The molecule has 0 atom stereocenters. The van der Waals surface area contributed by atoms with Crippen LogP contribution >= 0.6 is 0 Å². The molecule has 0 unspecified atom stereocenters. The summed E-state index contributed by atoms with van der Waals surface area (Å²) >= 11 is 0. The van der Waals surface area contributed by atoms with Crippen LogP contribution in [0.1, 0.15) is 42.6 Å². The van der Waals surface area contributed by atoms with Crippen LogP contribution in [0, 0.1) is 0 Å². The van der Waals surface area contributed by atoms with Crippen LogP contribution in [0.5, 0.6) is 0 Å². The van der Waals surface area contributed by atoms with Crippen molar-refractivity contribution in [1.82, 2.24) is 15.5 Å². The van der Waals surface area contributed by atoms with E-state index >= 15 is 0 Å². The zero-order valence-electron chi connectivity index (χ0n) is 13.5. The van der Waals surface area contributed by atoms with Crippen LogP contribution in [-0.2, 0) is 9.53 Å². The minimum atomic E-state index is -0.937. The normalized spacial score (nSPS) is 19.9. The highest BCUT2D eigenvalue weighted by Gasteiger charge is 2.37. The number of rotatable bonds is 5. The van der Waals surface area contributed by atoms with E-state index in [1.165, 1.54) is 0 Å². The van der Waals surface area contributed by atoms with Crippen molar-refractivity contribution in [1.29, 1.82) is 0 Å². The highest BCUT2D eigenvalue weighted by molar-refractivity contribution is 5.93. The first-order valence-electron chi connectivity index (χ1n) is 8.29. The number of amides is 1. The quantitative estimate of drug-likeness (QED) is 0.822. The summed E-state index contributed by atoms with van der Waals surface area (Å²) in [5.41, 5.74) is -0.578. The van der Waals surface area contributed by atoms with Crippen molar-refractivity contribution in [2.45, 2.75) is 37.6 Å². The van der Waals surface area contributed by atoms with Crippen molar-refractivity contribution in [3.05, 3.63) is 17.8 Å². The molecule has 3 heterocycles. The van der Waals surface area contributed by atoms with Gasteiger partial charge in [-0.05, 0) is 37.8 Å². The Labute approximate surface area is 140 Å². The predicted octanol–water partition coefficient (Wildman–Crippen LogP) is 0.830. The highest BCUT2D eigenvalue weighted by Crippen LogP contribution is 2.25. The van der Waals surface area contributed by atoms with Gasteiger partial charge in [0.2, 0.25) is 0 Å². The molecule has 0 aromatic carbocycles. The summed E-state index contributed by atoms with van der Waals surface area (Å²) < 4.78 is 5.29. The number of aliphatic carboxylic acids is 1. The Kier molecular flexibility index (Phi) is 4.94. The van der Waals surface area contributed by atoms with Gasteiger partial charge >= 0.3 is 5.97 Å². The lowest BCUT2D eigenvalue weighted by Crippen LogP contribution is -2.53. The largest absolute Gasteiger partial charge is 0.481 e. The van der Waals surface area contributed by atoms with Gasteiger partial charge in [-0.3, -0.25) is 9.59 Å². The van der Waals surface area contributed by atoms with Crippen LogP contribution in [0.15, 0.2) is 12.1 Å². The number of carboxylic acids is 1. The molecule has 24 heavy (non-hydrogen) atoms. The Morgan fingerprint density at radius 2 is 1.92 bits per heavy atom. The Morgan fingerprint density at radius 3 is 2.50 bits per heavy atom. The molecule has 1 aromatic rings. The third-order valence-electron chi connectivity index (χ3n) is 4.63. The predicted molar refractivity (Wildman–Crippen MR) is 86.0 cm³/mol. The number of ether oxygens (including phenoxy) is 1. The Morgan fingerprint density at radius 1 is 1.21 bits per heavy atom. The van der Waals surface area contributed by atoms with E-state index in [4.69, 9.17) is 9.84 Å². The number of carboxylic acid groups (broad SMARTS) is 1. The average Bonchev–Trinajstić information content (AvgIpc) is 3.09. The molecule has 8 heteroatoms. The minimum Gasteiger partial charge on any atom is -0.481 e. The number of carbonyl (C=O) groups is 2. The van der Waals surface area contributed by atoms with Gasteiger partial charge in [-0.25, -0.2) is 0 Å². The van der Waals surface area contributed by atoms with Gasteiger partial charge in [0.25, 0.3) is 5.91 Å². The van der Waals surface area contributed by atoms with E-state index in [0.717, 1.165) is 31.7 Å². The Bertz CT molecular complexity index is 593. The molecule has 130 valence electrons. The second kappa shape index (κ2) is 7.12. The fourth-order valence-electron chi connectivity index (χ4n) is 3.26. The molecule has 8 nitrogen and oxygen atoms in total. The first-order valence-corrected chi connectivity index (χ1v) is 8.29. The molecule has 0 spiro atoms. The van der Waals surface area contributed by atoms with Gasteiger partial charge in [-0.1, -0.05) is 0 Å². The van der Waals surface area contributed by atoms with E-state index < -0.39 is 17.4 Å². The summed E-state index contributed by atoms with van der Waals surface area (Å²) in [7, 11) is 0. The number of aromatic nitrogens is 2. The van der Waals surface area contributed by atoms with Gasteiger partial charge in [0.1, 0.15) is 0 Å². The molecular weight excluding hydrogens is 312 g/mol. The second-order valence-electron chi connectivity index (χ2n) is 6.39. The molecule has 2 N–H and O–H groups in total. The minimum absolute atomic E-state index is 0.124. The monoisotopic (exact) mass is 334 g/mol. The topological polar surface area (TPSA) is 105 Å². The Hall–Kier alpha value is -2.22. The van der Waals surface area contributed by atoms with Crippen molar-refractivity contribution in [2.75, 3.05) is 31.2 Å². The van der Waals surface area contributed by atoms with E-state index in [1.54, 1.807) is 12.1 Å². The summed E-state index contributed by atoms with van der Waals surface area (Å²) in [6, 6.07) is 3.44. The van der Waals surface area contributed by atoms with Crippen molar-refractivity contribution < 1.29 is 19.4 Å². The van der Waals surface area contributed by atoms with Gasteiger partial charge in [-0.2, -0.15) is 0 Å². The van der Waals surface area contributed by atoms with Crippen LogP contribution in [0.2, 0.25) is 0 Å². The fraction of sp³-hybridized carbons (Fsp3) is 0.625. The van der Waals surface area contributed by atoms with Crippen LogP contribution in [0.3, 0.4) is 0 Å². The molecular formula is C16H22N4O4. The smallest absolute Gasteiger partial charge is 0.305 e. The molecule has 2 saturated heterocycles. The standard InChI is InChI=1S/C16H22N4O4/c21-14(22)11-16(5-9-24-10-6-16)17-15(23)12-3-4-13(19-18-12)20-7-1-2-8-20/h3-4H,1-2,5-11H2,(H,17,23)(H,21,22). The highest BCUT2D eigenvalue weighted by atomic mass is 16.5. The third kappa shape index (κ3) is 3.81. The van der Waals surface area contributed by atoms with Gasteiger partial charge in [0.15, 0.2) is 11.5 Å². The molecule has 0 radical (unpaired) electrons. The molecule has 0 saturated carbocycles. The lowest BCUT2D eigenvalue weighted by Gasteiger charge is -2.36. The molecule has 1 amide bonds. The van der Waals surface area contributed by atoms with Crippen LogP contribution < -0.4 is 10.2 Å². The van der Waals surface area contributed by atoms with E-state index in [0.29, 0.717) is 26.1 Å². The first-order chi connectivity index (χ1) is 11.6. The first kappa shape index (κ1) is 16.6. The van der Waals surface area contributed by atoms with Crippen molar-refractivity contribution in [2.24, 2.45) is 0 Å². The van der Waals surface area contributed by atoms with Gasteiger partial charge in [0, 0.05) is 26.3 Å². The Balaban J connectivity index is 1.69. The summed E-state index contributed by atoms with van der Waals surface area (Å²) in [5, 5.41) is 20.1. The van der Waals surface area contributed by atoms with Gasteiger partial charge < -0.3 is 20.1 Å². The van der Waals surface area contributed by atoms with Crippen molar-refractivity contribution in [3.8, 4) is 0 Å². The summed E-state index contributed by atoms with van der Waals surface area (Å²) in [6.07, 6.45) is 3.11. The SMILES string of the molecule is O=C(O)CC1(NC(=O)c2ccc(N3CCCC3)nn2)CCOCC1. The van der Waals surface area contributed by atoms with Crippen molar-refractivity contribution >= 4 is 17.7 Å². The number of carbonyl (C=O) groups excluding carboxylic acids is 1. The molecule has 0 aliphatic carbocycles.